The molecule has 0 atom stereocenters. The molecule has 15 heavy (non-hydrogen) atoms. The Bertz CT molecular complexity index is 387. The van der Waals surface area contributed by atoms with Gasteiger partial charge in [-0.05, 0) is 23.8 Å². The molecule has 0 saturated heterocycles. The van der Waals surface area contributed by atoms with Gasteiger partial charge in [0.05, 0.1) is 12.0 Å². The van der Waals surface area contributed by atoms with E-state index in [4.69, 9.17) is 5.11 Å². The zero-order valence-electron chi connectivity index (χ0n) is 7.31. The first kappa shape index (κ1) is 12.0. The van der Waals surface area contributed by atoms with Crippen molar-refractivity contribution >= 4 is 21.9 Å². The van der Waals surface area contributed by atoms with Gasteiger partial charge in [-0.2, -0.15) is 13.2 Å². The van der Waals surface area contributed by atoms with E-state index in [0.29, 0.717) is 0 Å². The molecule has 0 saturated carbocycles. The van der Waals surface area contributed by atoms with Crippen LogP contribution in [-0.2, 0) is 17.4 Å². The summed E-state index contributed by atoms with van der Waals surface area (Å²) in [4.78, 5) is 10.3. The van der Waals surface area contributed by atoms with Gasteiger partial charge < -0.3 is 5.11 Å². The van der Waals surface area contributed by atoms with E-state index in [1.165, 1.54) is 6.07 Å². The van der Waals surface area contributed by atoms with E-state index in [-0.39, 0.29) is 10.0 Å². The fraction of sp³-hybridized carbons (Fsp3) is 0.222. The molecule has 0 spiro atoms. The van der Waals surface area contributed by atoms with Crippen molar-refractivity contribution < 1.29 is 23.1 Å². The van der Waals surface area contributed by atoms with Crippen molar-refractivity contribution in [3.8, 4) is 0 Å². The Kier molecular flexibility index (Phi) is 3.38. The quantitative estimate of drug-likeness (QED) is 0.905. The summed E-state index contributed by atoms with van der Waals surface area (Å²) in [6.07, 6.45) is -4.89. The smallest absolute Gasteiger partial charge is 0.416 e. The van der Waals surface area contributed by atoms with Crippen LogP contribution in [-0.4, -0.2) is 11.1 Å². The van der Waals surface area contributed by atoms with E-state index in [9.17, 15) is 18.0 Å². The summed E-state index contributed by atoms with van der Waals surface area (Å²) < 4.78 is 37.2. The van der Waals surface area contributed by atoms with E-state index in [2.05, 4.69) is 15.9 Å². The third-order valence-electron chi connectivity index (χ3n) is 1.64. The lowest BCUT2D eigenvalue weighted by molar-refractivity contribution is -0.138. The average Bonchev–Trinajstić information content (AvgIpc) is 1.99. The van der Waals surface area contributed by atoms with Gasteiger partial charge in [0.25, 0.3) is 0 Å². The van der Waals surface area contributed by atoms with Gasteiger partial charge in [0.2, 0.25) is 0 Å². The fourth-order valence-electron chi connectivity index (χ4n) is 1.09. The molecule has 2 nitrogen and oxygen atoms in total. The first-order chi connectivity index (χ1) is 6.79. The zero-order chi connectivity index (χ0) is 11.6. The van der Waals surface area contributed by atoms with E-state index in [1.54, 1.807) is 0 Å². The van der Waals surface area contributed by atoms with Crippen LogP contribution in [0.15, 0.2) is 22.7 Å². The minimum absolute atomic E-state index is 0.115. The van der Waals surface area contributed by atoms with Gasteiger partial charge in [0.1, 0.15) is 0 Å². The Morgan fingerprint density at radius 1 is 1.33 bits per heavy atom. The summed E-state index contributed by atoms with van der Waals surface area (Å²) in [6.45, 7) is 0. The van der Waals surface area contributed by atoms with E-state index >= 15 is 0 Å². The fourth-order valence-corrected chi connectivity index (χ4v) is 1.63. The first-order valence-corrected chi connectivity index (χ1v) is 4.67. The van der Waals surface area contributed by atoms with Gasteiger partial charge in [-0.15, -0.1) is 0 Å². The highest BCUT2D eigenvalue weighted by Crippen LogP contribution is 2.32. The van der Waals surface area contributed by atoms with Crippen LogP contribution < -0.4 is 0 Å². The molecular formula is C9H6BrF3O2. The summed E-state index contributed by atoms with van der Waals surface area (Å²) in [5.74, 6) is -1.17. The topological polar surface area (TPSA) is 37.3 Å². The molecule has 0 aliphatic heterocycles. The Morgan fingerprint density at radius 2 is 1.93 bits per heavy atom. The molecule has 0 unspecified atom stereocenters. The number of rotatable bonds is 2. The van der Waals surface area contributed by atoms with Crippen molar-refractivity contribution in [3.05, 3.63) is 33.8 Å². The highest BCUT2D eigenvalue weighted by molar-refractivity contribution is 9.10. The molecule has 1 N–H and O–H groups in total. The average molecular weight is 283 g/mol. The van der Waals surface area contributed by atoms with Crippen molar-refractivity contribution in [2.75, 3.05) is 0 Å². The molecule has 0 radical (unpaired) electrons. The molecule has 0 aliphatic rings. The zero-order valence-corrected chi connectivity index (χ0v) is 8.89. The summed E-state index contributed by atoms with van der Waals surface area (Å²) in [5, 5.41) is 8.45. The highest BCUT2D eigenvalue weighted by Gasteiger charge is 2.31. The monoisotopic (exact) mass is 282 g/mol. The molecule has 0 aliphatic carbocycles. The van der Waals surface area contributed by atoms with Crippen molar-refractivity contribution in [2.24, 2.45) is 0 Å². The van der Waals surface area contributed by atoms with Crippen LogP contribution in [0.1, 0.15) is 11.1 Å². The van der Waals surface area contributed by atoms with Gasteiger partial charge in [0, 0.05) is 4.47 Å². The molecule has 0 heterocycles. The van der Waals surface area contributed by atoms with Crippen molar-refractivity contribution in [1.82, 2.24) is 0 Å². The van der Waals surface area contributed by atoms with Crippen molar-refractivity contribution in [1.29, 1.82) is 0 Å². The maximum Gasteiger partial charge on any atom is 0.416 e. The van der Waals surface area contributed by atoms with E-state index in [1.807, 2.05) is 0 Å². The summed E-state index contributed by atoms with van der Waals surface area (Å²) in [5.41, 5.74) is -0.739. The lowest BCUT2D eigenvalue weighted by Gasteiger charge is -2.08. The summed E-state index contributed by atoms with van der Waals surface area (Å²) >= 11 is 2.90. The van der Waals surface area contributed by atoms with Gasteiger partial charge in [-0.3, -0.25) is 4.79 Å². The molecule has 1 aromatic rings. The molecular weight excluding hydrogens is 277 g/mol. The summed E-state index contributed by atoms with van der Waals surface area (Å²) in [7, 11) is 0. The second kappa shape index (κ2) is 4.22. The van der Waals surface area contributed by atoms with Crippen LogP contribution in [0.3, 0.4) is 0 Å². The Morgan fingerprint density at radius 3 is 2.40 bits per heavy atom. The lowest BCUT2D eigenvalue weighted by Crippen LogP contribution is -2.07. The first-order valence-electron chi connectivity index (χ1n) is 3.87. The van der Waals surface area contributed by atoms with Gasteiger partial charge >= 0.3 is 12.1 Å². The number of benzene rings is 1. The second-order valence-electron chi connectivity index (χ2n) is 2.92. The minimum Gasteiger partial charge on any atom is -0.481 e. The molecule has 82 valence electrons. The minimum atomic E-state index is -4.46. The van der Waals surface area contributed by atoms with Crippen molar-refractivity contribution in [2.45, 2.75) is 12.6 Å². The van der Waals surface area contributed by atoms with Crippen molar-refractivity contribution in [3.63, 3.8) is 0 Å². The normalized spacial score (nSPS) is 11.5. The molecule has 6 heteroatoms. The third-order valence-corrected chi connectivity index (χ3v) is 2.10. The number of alkyl halides is 3. The Labute approximate surface area is 91.8 Å². The largest absolute Gasteiger partial charge is 0.481 e. The van der Waals surface area contributed by atoms with Crippen LogP contribution in [0.4, 0.5) is 13.2 Å². The lowest BCUT2D eigenvalue weighted by atomic mass is 10.1. The molecule has 0 aromatic heterocycles. The number of aliphatic carboxylic acids is 1. The number of carbonyl (C=O) groups is 1. The highest BCUT2D eigenvalue weighted by atomic mass is 79.9. The molecule has 1 aromatic carbocycles. The van der Waals surface area contributed by atoms with Crippen LogP contribution in [0.2, 0.25) is 0 Å². The van der Waals surface area contributed by atoms with Crippen LogP contribution in [0, 0.1) is 0 Å². The maximum atomic E-state index is 12.3. The standard InChI is InChI=1S/C9H6BrF3O2/c10-7-2-5(3-8(14)15)1-6(4-7)9(11,12)13/h1-2,4H,3H2,(H,14,15). The SMILES string of the molecule is O=C(O)Cc1cc(Br)cc(C(F)(F)F)c1. The molecule has 0 bridgehead atoms. The Balaban J connectivity index is 3.11. The van der Waals surface area contributed by atoms with E-state index < -0.39 is 24.1 Å². The Hall–Kier alpha value is -1.04. The number of hydrogen-bond donors (Lipinski definition) is 1. The number of hydrogen-bond acceptors (Lipinski definition) is 1. The van der Waals surface area contributed by atoms with E-state index in [0.717, 1.165) is 12.1 Å². The second-order valence-corrected chi connectivity index (χ2v) is 3.83. The predicted octanol–water partition coefficient (Wildman–Crippen LogP) is 3.10. The number of carboxylic acids is 1. The van der Waals surface area contributed by atoms with Crippen LogP contribution >= 0.6 is 15.9 Å². The maximum absolute atomic E-state index is 12.3. The van der Waals surface area contributed by atoms with Gasteiger partial charge in [0.15, 0.2) is 0 Å². The molecule has 0 fully saturated rings. The van der Waals surface area contributed by atoms with Crippen LogP contribution in [0.25, 0.3) is 0 Å². The van der Waals surface area contributed by atoms with Gasteiger partial charge in [-0.25, -0.2) is 0 Å². The summed E-state index contributed by atoms with van der Waals surface area (Å²) in [6, 6.07) is 3.09. The number of halogens is 4. The van der Waals surface area contributed by atoms with Gasteiger partial charge in [-0.1, -0.05) is 15.9 Å². The molecule has 0 amide bonds. The van der Waals surface area contributed by atoms with Crippen LogP contribution in [0.5, 0.6) is 0 Å². The predicted molar refractivity (Wildman–Crippen MR) is 50.5 cm³/mol. The number of carboxylic acid groups (broad SMARTS) is 1. The molecule has 1 rings (SSSR count). The third kappa shape index (κ3) is 3.54.